The van der Waals surface area contributed by atoms with Crippen molar-refractivity contribution in [3.63, 3.8) is 0 Å². The summed E-state index contributed by atoms with van der Waals surface area (Å²) in [4.78, 5) is 32.0. The monoisotopic (exact) mass is 411 g/mol. The zero-order valence-electron chi connectivity index (χ0n) is 16.2. The van der Waals surface area contributed by atoms with E-state index in [0.29, 0.717) is 53.7 Å². The van der Waals surface area contributed by atoms with E-state index in [4.69, 9.17) is 16.3 Å². The standard InChI is InChI=1S/C19H26ClN3O3S/c1-5-22(6-2)17(24)13(3)27-19-21-16-12-14(20)8-9-15(16)18(25)23(19)10-7-11-26-4/h8-9,12-13H,5-7,10-11H2,1-4H3. The lowest BCUT2D eigenvalue weighted by Gasteiger charge is -2.23. The number of ether oxygens (including phenoxy) is 1. The van der Waals surface area contributed by atoms with Crippen LogP contribution in [0.3, 0.4) is 0 Å². The molecular formula is C19H26ClN3O3S. The highest BCUT2D eigenvalue weighted by Gasteiger charge is 2.22. The summed E-state index contributed by atoms with van der Waals surface area (Å²) < 4.78 is 6.74. The van der Waals surface area contributed by atoms with Gasteiger partial charge in [0.25, 0.3) is 5.56 Å². The molecule has 2 rings (SSSR count). The van der Waals surface area contributed by atoms with Gasteiger partial charge in [-0.05, 0) is 45.4 Å². The number of fused-ring (bicyclic) bond motifs is 1. The van der Waals surface area contributed by atoms with Gasteiger partial charge in [-0.2, -0.15) is 0 Å². The Morgan fingerprint density at radius 1 is 1.37 bits per heavy atom. The molecule has 8 heteroatoms. The Morgan fingerprint density at radius 2 is 2.07 bits per heavy atom. The van der Waals surface area contributed by atoms with Gasteiger partial charge in [-0.3, -0.25) is 14.2 Å². The summed E-state index contributed by atoms with van der Waals surface area (Å²) in [6, 6.07) is 5.06. The minimum atomic E-state index is -0.345. The number of carbonyl (C=O) groups excluding carboxylic acids is 1. The number of halogens is 1. The van der Waals surface area contributed by atoms with E-state index in [9.17, 15) is 9.59 Å². The van der Waals surface area contributed by atoms with Crippen LogP contribution in [0.15, 0.2) is 28.2 Å². The van der Waals surface area contributed by atoms with Crippen molar-refractivity contribution in [2.75, 3.05) is 26.8 Å². The second kappa shape index (κ2) is 10.1. The molecule has 1 unspecified atom stereocenters. The van der Waals surface area contributed by atoms with E-state index in [1.807, 2.05) is 20.8 Å². The lowest BCUT2D eigenvalue weighted by atomic mass is 10.2. The number of benzene rings is 1. The molecule has 0 radical (unpaired) electrons. The molecule has 27 heavy (non-hydrogen) atoms. The lowest BCUT2D eigenvalue weighted by Crippen LogP contribution is -2.36. The van der Waals surface area contributed by atoms with E-state index in [0.717, 1.165) is 0 Å². The zero-order valence-corrected chi connectivity index (χ0v) is 17.8. The number of amides is 1. The van der Waals surface area contributed by atoms with E-state index in [1.54, 1.807) is 34.8 Å². The molecule has 1 amide bonds. The summed E-state index contributed by atoms with van der Waals surface area (Å²) in [6.07, 6.45) is 0.684. The number of nitrogens with zero attached hydrogens (tertiary/aromatic N) is 3. The predicted molar refractivity (Wildman–Crippen MR) is 111 cm³/mol. The summed E-state index contributed by atoms with van der Waals surface area (Å²) in [5.41, 5.74) is 0.415. The van der Waals surface area contributed by atoms with Gasteiger partial charge < -0.3 is 9.64 Å². The Bertz CT molecular complexity index is 852. The second-order valence-electron chi connectivity index (χ2n) is 6.13. The van der Waals surface area contributed by atoms with Crippen LogP contribution in [0.2, 0.25) is 5.02 Å². The Hall–Kier alpha value is -1.57. The van der Waals surface area contributed by atoms with Gasteiger partial charge in [0.05, 0.1) is 16.2 Å². The maximum Gasteiger partial charge on any atom is 0.262 e. The minimum absolute atomic E-state index is 0.0360. The van der Waals surface area contributed by atoms with Gasteiger partial charge in [-0.15, -0.1) is 0 Å². The predicted octanol–water partition coefficient (Wildman–Crippen LogP) is 3.44. The number of aromatic nitrogens is 2. The quantitative estimate of drug-likeness (QED) is 0.359. The van der Waals surface area contributed by atoms with Crippen molar-refractivity contribution in [1.82, 2.24) is 14.5 Å². The summed E-state index contributed by atoms with van der Waals surface area (Å²) >= 11 is 7.37. The Labute approximate surface area is 168 Å². The van der Waals surface area contributed by atoms with Crippen LogP contribution in [-0.4, -0.2) is 52.4 Å². The highest BCUT2D eigenvalue weighted by atomic mass is 35.5. The zero-order chi connectivity index (χ0) is 20.0. The van der Waals surface area contributed by atoms with Crippen molar-refractivity contribution in [1.29, 1.82) is 0 Å². The first-order valence-electron chi connectivity index (χ1n) is 9.07. The highest BCUT2D eigenvalue weighted by Crippen LogP contribution is 2.25. The van der Waals surface area contributed by atoms with Crippen molar-refractivity contribution in [3.8, 4) is 0 Å². The van der Waals surface area contributed by atoms with Crippen LogP contribution < -0.4 is 5.56 Å². The molecule has 1 heterocycles. The number of methoxy groups -OCH3 is 1. The Kier molecular flexibility index (Phi) is 8.13. The molecule has 0 aliphatic rings. The third kappa shape index (κ3) is 5.24. The lowest BCUT2D eigenvalue weighted by molar-refractivity contribution is -0.129. The first kappa shape index (κ1) is 21.7. The van der Waals surface area contributed by atoms with Gasteiger partial charge in [0.1, 0.15) is 0 Å². The van der Waals surface area contributed by atoms with Crippen molar-refractivity contribution in [2.45, 2.75) is 44.1 Å². The van der Waals surface area contributed by atoms with Crippen molar-refractivity contribution < 1.29 is 9.53 Å². The van der Waals surface area contributed by atoms with Gasteiger partial charge in [0.15, 0.2) is 5.16 Å². The number of thioether (sulfide) groups is 1. The first-order valence-corrected chi connectivity index (χ1v) is 10.3. The molecule has 0 bridgehead atoms. The van der Waals surface area contributed by atoms with Crippen LogP contribution >= 0.6 is 23.4 Å². The van der Waals surface area contributed by atoms with Gasteiger partial charge in [0.2, 0.25) is 5.91 Å². The Balaban J connectivity index is 2.43. The van der Waals surface area contributed by atoms with Crippen LogP contribution in [0.5, 0.6) is 0 Å². The van der Waals surface area contributed by atoms with E-state index in [1.165, 1.54) is 11.8 Å². The van der Waals surface area contributed by atoms with E-state index in [2.05, 4.69) is 4.98 Å². The van der Waals surface area contributed by atoms with Gasteiger partial charge >= 0.3 is 0 Å². The highest BCUT2D eigenvalue weighted by molar-refractivity contribution is 8.00. The fraction of sp³-hybridized carbons (Fsp3) is 0.526. The van der Waals surface area contributed by atoms with Gasteiger partial charge in [0, 0.05) is 38.4 Å². The third-order valence-corrected chi connectivity index (χ3v) is 5.63. The number of carbonyl (C=O) groups is 1. The molecule has 0 saturated carbocycles. The fourth-order valence-corrected chi connectivity index (χ4v) is 4.01. The molecule has 6 nitrogen and oxygen atoms in total. The van der Waals surface area contributed by atoms with Crippen LogP contribution in [0.4, 0.5) is 0 Å². The largest absolute Gasteiger partial charge is 0.385 e. The molecule has 0 aliphatic carbocycles. The van der Waals surface area contributed by atoms with Crippen LogP contribution in [0.1, 0.15) is 27.2 Å². The van der Waals surface area contributed by atoms with E-state index in [-0.39, 0.29) is 16.7 Å². The van der Waals surface area contributed by atoms with Crippen molar-refractivity contribution >= 4 is 40.2 Å². The Morgan fingerprint density at radius 3 is 2.70 bits per heavy atom. The normalized spacial score (nSPS) is 12.3. The number of hydrogen-bond donors (Lipinski definition) is 0. The smallest absolute Gasteiger partial charge is 0.262 e. The average molecular weight is 412 g/mol. The summed E-state index contributed by atoms with van der Waals surface area (Å²) in [5.74, 6) is 0.0360. The molecule has 1 atom stereocenters. The number of rotatable bonds is 9. The summed E-state index contributed by atoms with van der Waals surface area (Å²) in [5, 5.41) is 1.22. The molecule has 0 saturated heterocycles. The topological polar surface area (TPSA) is 64.4 Å². The van der Waals surface area contributed by atoms with Crippen LogP contribution in [0, 0.1) is 0 Å². The van der Waals surface area contributed by atoms with Crippen LogP contribution in [0.25, 0.3) is 10.9 Å². The first-order chi connectivity index (χ1) is 12.9. The average Bonchev–Trinajstić information content (AvgIpc) is 2.64. The SMILES string of the molecule is CCN(CC)C(=O)C(C)Sc1nc2cc(Cl)ccc2c(=O)n1CCCOC. The van der Waals surface area contributed by atoms with E-state index >= 15 is 0 Å². The summed E-state index contributed by atoms with van der Waals surface area (Å²) in [6.45, 7) is 8.09. The molecule has 1 aromatic carbocycles. The fourth-order valence-electron chi connectivity index (χ4n) is 2.83. The molecular weight excluding hydrogens is 386 g/mol. The maximum atomic E-state index is 13.0. The van der Waals surface area contributed by atoms with Gasteiger partial charge in [-0.1, -0.05) is 23.4 Å². The molecule has 2 aromatic rings. The van der Waals surface area contributed by atoms with Gasteiger partial charge in [-0.25, -0.2) is 4.98 Å². The molecule has 0 N–H and O–H groups in total. The molecule has 0 spiro atoms. The van der Waals surface area contributed by atoms with E-state index < -0.39 is 0 Å². The second-order valence-corrected chi connectivity index (χ2v) is 7.87. The van der Waals surface area contributed by atoms with Crippen molar-refractivity contribution in [3.05, 3.63) is 33.6 Å². The summed E-state index contributed by atoms with van der Waals surface area (Å²) in [7, 11) is 1.63. The molecule has 0 aliphatic heterocycles. The molecule has 1 aromatic heterocycles. The third-order valence-electron chi connectivity index (χ3n) is 4.32. The minimum Gasteiger partial charge on any atom is -0.385 e. The molecule has 0 fully saturated rings. The van der Waals surface area contributed by atoms with Crippen LogP contribution in [-0.2, 0) is 16.1 Å². The molecule has 148 valence electrons. The number of hydrogen-bond acceptors (Lipinski definition) is 5. The van der Waals surface area contributed by atoms with Crippen molar-refractivity contribution in [2.24, 2.45) is 0 Å². The maximum absolute atomic E-state index is 13.0.